The van der Waals surface area contributed by atoms with Gasteiger partial charge < -0.3 is 29.7 Å². The quantitative estimate of drug-likeness (QED) is 0.406. The number of halogens is 1. The van der Waals surface area contributed by atoms with E-state index in [2.05, 4.69) is 28.7 Å². The summed E-state index contributed by atoms with van der Waals surface area (Å²) < 4.78 is 36.4. The average molecular weight is 661 g/mol. The molecule has 2 fully saturated rings. The van der Waals surface area contributed by atoms with Gasteiger partial charge in [-0.3, -0.25) is 14.4 Å². The standard InChI is InChI=1S/C35H45FN8O4/c1-33(2)35(27-13-24(37)8-7-22(27)19-47-33)16-29-26(20-48-35)30(39-32(38-29)46-21-34-9-5-11-43(34)17-23(36)15-34)42-10-6-12-44-25(18-42)14-28(40-44)31(45)41(3)4/h7-8,13-14,23H,5-6,9-12,15-21,37H2,1-4H3/t23-,34+,35?/m1/s1. The van der Waals surface area contributed by atoms with Crippen LogP contribution in [0.5, 0.6) is 6.01 Å². The van der Waals surface area contributed by atoms with E-state index < -0.39 is 17.4 Å². The van der Waals surface area contributed by atoms with Gasteiger partial charge in [-0.25, -0.2) is 4.39 Å². The molecule has 5 aliphatic heterocycles. The first-order valence-electron chi connectivity index (χ1n) is 17.1. The van der Waals surface area contributed by atoms with Crippen LogP contribution < -0.4 is 15.4 Å². The highest BCUT2D eigenvalue weighted by molar-refractivity contribution is 5.92. The van der Waals surface area contributed by atoms with Gasteiger partial charge in [-0.1, -0.05) is 6.07 Å². The van der Waals surface area contributed by atoms with Gasteiger partial charge in [0.2, 0.25) is 0 Å². The summed E-state index contributed by atoms with van der Waals surface area (Å²) in [5.74, 6) is 0.620. The first kappa shape index (κ1) is 31.5. The number of anilines is 2. The zero-order valence-corrected chi connectivity index (χ0v) is 28.3. The maximum atomic E-state index is 14.6. The number of carbonyl (C=O) groups excluding carboxylic acids is 1. The minimum absolute atomic E-state index is 0.128. The fourth-order valence-corrected chi connectivity index (χ4v) is 8.58. The Hall–Kier alpha value is -3.81. The number of nitrogens with zero attached hydrogens (tertiary/aromatic N) is 7. The lowest BCUT2D eigenvalue weighted by Gasteiger charge is -2.52. The molecule has 7 heterocycles. The van der Waals surface area contributed by atoms with Gasteiger partial charge in [-0.15, -0.1) is 0 Å². The van der Waals surface area contributed by atoms with Crippen molar-refractivity contribution in [3.05, 3.63) is 58.0 Å². The maximum Gasteiger partial charge on any atom is 0.318 e. The lowest BCUT2D eigenvalue weighted by Crippen LogP contribution is -2.57. The van der Waals surface area contributed by atoms with Crippen molar-refractivity contribution in [3.8, 4) is 6.01 Å². The minimum atomic E-state index is -0.849. The van der Waals surface area contributed by atoms with Crippen molar-refractivity contribution in [1.29, 1.82) is 0 Å². The third-order valence-corrected chi connectivity index (χ3v) is 11.2. The van der Waals surface area contributed by atoms with Gasteiger partial charge in [0.15, 0.2) is 5.69 Å². The first-order chi connectivity index (χ1) is 23.0. The van der Waals surface area contributed by atoms with Crippen molar-refractivity contribution >= 4 is 17.4 Å². The Morgan fingerprint density at radius 1 is 1.12 bits per heavy atom. The Bertz CT molecular complexity index is 1760. The summed E-state index contributed by atoms with van der Waals surface area (Å²) in [6, 6.07) is 8.08. The average Bonchev–Trinajstić information content (AvgIpc) is 3.68. The fraction of sp³-hybridized carbons (Fsp3) is 0.600. The second kappa shape index (κ2) is 11.4. The predicted molar refractivity (Wildman–Crippen MR) is 176 cm³/mol. The molecule has 3 aromatic rings. The Morgan fingerprint density at radius 2 is 1.98 bits per heavy atom. The highest BCUT2D eigenvalue weighted by Crippen LogP contribution is 2.51. The number of hydrogen-bond donors (Lipinski definition) is 1. The molecule has 2 N–H and O–H groups in total. The van der Waals surface area contributed by atoms with E-state index in [1.165, 1.54) is 0 Å². The van der Waals surface area contributed by atoms with Gasteiger partial charge in [0.25, 0.3) is 5.91 Å². The molecular formula is C35H45FN8O4. The number of nitrogens with two attached hydrogens (primary N) is 1. The molecule has 1 unspecified atom stereocenters. The highest BCUT2D eigenvalue weighted by atomic mass is 19.1. The lowest BCUT2D eigenvalue weighted by atomic mass is 9.71. The Morgan fingerprint density at radius 3 is 2.81 bits per heavy atom. The van der Waals surface area contributed by atoms with Gasteiger partial charge in [-0.2, -0.15) is 15.1 Å². The number of carbonyl (C=O) groups is 1. The minimum Gasteiger partial charge on any atom is -0.461 e. The topological polar surface area (TPSA) is 124 Å². The lowest BCUT2D eigenvalue weighted by molar-refractivity contribution is -0.228. The molecule has 2 saturated heterocycles. The summed E-state index contributed by atoms with van der Waals surface area (Å²) in [5.41, 5.74) is 10.3. The summed E-state index contributed by atoms with van der Waals surface area (Å²) in [6.45, 7) is 8.47. The molecule has 1 amide bonds. The monoisotopic (exact) mass is 660 g/mol. The van der Waals surface area contributed by atoms with E-state index in [9.17, 15) is 9.18 Å². The molecule has 1 aromatic carbocycles. The van der Waals surface area contributed by atoms with Crippen molar-refractivity contribution in [2.24, 2.45) is 0 Å². The van der Waals surface area contributed by atoms with E-state index in [4.69, 9.17) is 29.9 Å². The second-order valence-corrected chi connectivity index (χ2v) is 14.8. The number of fused-ring (bicyclic) bond motifs is 5. The zero-order chi connectivity index (χ0) is 33.4. The van der Waals surface area contributed by atoms with Gasteiger partial charge in [0.05, 0.1) is 42.3 Å². The third kappa shape index (κ3) is 5.04. The van der Waals surface area contributed by atoms with Crippen LogP contribution in [0.2, 0.25) is 0 Å². The van der Waals surface area contributed by atoms with Crippen molar-refractivity contribution in [2.75, 3.05) is 51.0 Å². The summed E-state index contributed by atoms with van der Waals surface area (Å²) in [5, 5.41) is 4.63. The Balaban J connectivity index is 1.19. The maximum absolute atomic E-state index is 14.6. The van der Waals surface area contributed by atoms with Crippen LogP contribution in [0.25, 0.3) is 0 Å². The Kier molecular flexibility index (Phi) is 7.46. The number of benzene rings is 1. The number of nitrogen functional groups attached to an aromatic ring is 1. The van der Waals surface area contributed by atoms with Crippen LogP contribution in [0.1, 0.15) is 78.1 Å². The second-order valence-electron chi connectivity index (χ2n) is 14.8. The first-order valence-corrected chi connectivity index (χ1v) is 17.1. The Labute approximate surface area is 280 Å². The molecule has 0 bridgehead atoms. The van der Waals surface area contributed by atoms with Crippen molar-refractivity contribution < 1.29 is 23.4 Å². The van der Waals surface area contributed by atoms with E-state index in [-0.39, 0.29) is 24.1 Å². The summed E-state index contributed by atoms with van der Waals surface area (Å²) >= 11 is 0. The summed E-state index contributed by atoms with van der Waals surface area (Å²) in [7, 11) is 3.46. The van der Waals surface area contributed by atoms with E-state index in [1.807, 2.05) is 28.9 Å². The fourth-order valence-electron chi connectivity index (χ4n) is 8.58. The number of alkyl halides is 1. The van der Waals surface area contributed by atoms with Gasteiger partial charge >= 0.3 is 6.01 Å². The molecule has 5 aliphatic rings. The molecule has 0 saturated carbocycles. The van der Waals surface area contributed by atoms with E-state index in [1.54, 1.807) is 19.0 Å². The smallest absolute Gasteiger partial charge is 0.318 e. The van der Waals surface area contributed by atoms with Crippen molar-refractivity contribution in [2.45, 2.75) is 95.2 Å². The molecule has 256 valence electrons. The van der Waals surface area contributed by atoms with Crippen LogP contribution in [-0.2, 0) is 47.8 Å². The normalized spacial score (nSPS) is 27.6. The molecule has 1 spiro atoms. The molecule has 2 aromatic heterocycles. The van der Waals surface area contributed by atoms with E-state index >= 15 is 0 Å². The van der Waals surface area contributed by atoms with Crippen molar-refractivity contribution in [3.63, 3.8) is 0 Å². The molecule has 12 nitrogen and oxygen atoms in total. The SMILES string of the molecule is CN(C)C(=O)c1cc2n(n1)CCCN(c1nc(OC[C@@]34CCCN3C[C@H](F)C4)nc3c1COC1(C3)c3cc(N)ccc3COC1(C)C)C2. The number of hydrogen-bond acceptors (Lipinski definition) is 10. The third-order valence-electron chi connectivity index (χ3n) is 11.2. The predicted octanol–water partition coefficient (Wildman–Crippen LogP) is 3.60. The van der Waals surface area contributed by atoms with E-state index in [0.717, 1.165) is 66.2 Å². The molecule has 13 heteroatoms. The van der Waals surface area contributed by atoms with Crippen molar-refractivity contribution in [1.82, 2.24) is 29.5 Å². The van der Waals surface area contributed by atoms with Crippen LogP contribution in [0.15, 0.2) is 24.3 Å². The van der Waals surface area contributed by atoms with E-state index in [0.29, 0.717) is 57.1 Å². The highest BCUT2D eigenvalue weighted by Gasteiger charge is 2.55. The van der Waals surface area contributed by atoms with Crippen LogP contribution in [0.3, 0.4) is 0 Å². The number of amides is 1. The number of ether oxygens (including phenoxy) is 3. The number of aromatic nitrogens is 4. The molecule has 0 aliphatic carbocycles. The number of rotatable bonds is 5. The van der Waals surface area contributed by atoms with Crippen LogP contribution >= 0.6 is 0 Å². The van der Waals surface area contributed by atoms with Crippen LogP contribution in [-0.4, -0.2) is 93.1 Å². The molecule has 48 heavy (non-hydrogen) atoms. The number of aryl methyl sites for hydroxylation is 1. The van der Waals surface area contributed by atoms with Gasteiger partial charge in [0.1, 0.15) is 24.2 Å². The van der Waals surface area contributed by atoms with Gasteiger partial charge in [0, 0.05) is 57.8 Å². The zero-order valence-electron chi connectivity index (χ0n) is 28.3. The van der Waals surface area contributed by atoms with Crippen LogP contribution in [0.4, 0.5) is 15.9 Å². The molecular weight excluding hydrogens is 615 g/mol. The van der Waals surface area contributed by atoms with Gasteiger partial charge in [-0.05, 0) is 69.0 Å². The molecule has 8 rings (SSSR count). The summed E-state index contributed by atoms with van der Waals surface area (Å²) in [4.78, 5) is 28.9. The summed E-state index contributed by atoms with van der Waals surface area (Å²) in [6.07, 6.45) is 2.80. The van der Waals surface area contributed by atoms with Crippen LogP contribution in [0, 0.1) is 0 Å². The largest absolute Gasteiger partial charge is 0.461 e. The molecule has 0 radical (unpaired) electrons. The molecule has 3 atom stereocenters.